The van der Waals surface area contributed by atoms with Crippen LogP contribution >= 0.6 is 0 Å². The summed E-state index contributed by atoms with van der Waals surface area (Å²) in [4.78, 5) is 13.6. The smallest absolute Gasteiger partial charge is 0.234 e. The first-order valence-corrected chi connectivity index (χ1v) is 7.12. The van der Waals surface area contributed by atoms with Gasteiger partial charge in [0.25, 0.3) is 0 Å². The molecule has 1 atom stereocenters. The summed E-state index contributed by atoms with van der Waals surface area (Å²) in [6, 6.07) is -0.0680. The monoisotopic (exact) mass is 255 g/mol. The van der Waals surface area contributed by atoms with E-state index in [2.05, 4.69) is 31.0 Å². The highest BCUT2D eigenvalue weighted by molar-refractivity contribution is 5.79. The van der Waals surface area contributed by atoms with E-state index in [4.69, 9.17) is 5.73 Å². The van der Waals surface area contributed by atoms with Crippen LogP contribution in [-0.4, -0.2) is 42.0 Å². The van der Waals surface area contributed by atoms with Gasteiger partial charge in [-0.2, -0.15) is 0 Å². The molecule has 1 rings (SSSR count). The zero-order valence-electron chi connectivity index (χ0n) is 12.3. The molecule has 1 heterocycles. The van der Waals surface area contributed by atoms with Gasteiger partial charge in [-0.05, 0) is 65.6 Å². The summed E-state index contributed by atoms with van der Waals surface area (Å²) in [5, 5.41) is 3.56. The van der Waals surface area contributed by atoms with E-state index < -0.39 is 0 Å². The molecule has 4 nitrogen and oxygen atoms in total. The molecule has 1 fully saturated rings. The van der Waals surface area contributed by atoms with Gasteiger partial charge in [-0.15, -0.1) is 0 Å². The summed E-state index contributed by atoms with van der Waals surface area (Å²) in [5.41, 5.74) is 5.63. The fourth-order valence-electron chi connectivity index (χ4n) is 2.56. The van der Waals surface area contributed by atoms with Crippen molar-refractivity contribution in [2.75, 3.05) is 19.6 Å². The molecule has 0 radical (unpaired) electrons. The lowest BCUT2D eigenvalue weighted by atomic mass is 9.94. The number of nitrogens with zero attached hydrogens (tertiary/aromatic N) is 1. The van der Waals surface area contributed by atoms with Crippen molar-refractivity contribution in [3.8, 4) is 0 Å². The summed E-state index contributed by atoms with van der Waals surface area (Å²) in [5.74, 6) is 0.551. The van der Waals surface area contributed by atoms with Gasteiger partial charge in [0.15, 0.2) is 0 Å². The van der Waals surface area contributed by atoms with Crippen LogP contribution in [0.5, 0.6) is 0 Å². The number of primary amides is 1. The van der Waals surface area contributed by atoms with Crippen molar-refractivity contribution in [3.05, 3.63) is 0 Å². The summed E-state index contributed by atoms with van der Waals surface area (Å²) in [6.45, 7) is 11.7. The molecule has 106 valence electrons. The van der Waals surface area contributed by atoms with Gasteiger partial charge < -0.3 is 11.1 Å². The van der Waals surface area contributed by atoms with Crippen LogP contribution in [0.15, 0.2) is 0 Å². The zero-order chi connectivity index (χ0) is 13.8. The lowest BCUT2D eigenvalue weighted by Gasteiger charge is -2.36. The molecule has 0 aromatic heterocycles. The van der Waals surface area contributed by atoms with Crippen LogP contribution in [0.3, 0.4) is 0 Å². The van der Waals surface area contributed by atoms with E-state index >= 15 is 0 Å². The fraction of sp³-hybridized carbons (Fsp3) is 0.929. The number of carbonyl (C=O) groups is 1. The molecule has 0 bridgehead atoms. The minimum absolute atomic E-state index is 0.0680. The maximum Gasteiger partial charge on any atom is 0.234 e. The lowest BCUT2D eigenvalue weighted by Crippen LogP contribution is -2.49. The van der Waals surface area contributed by atoms with Crippen molar-refractivity contribution in [2.24, 2.45) is 11.7 Å². The Kier molecular flexibility index (Phi) is 5.60. The van der Waals surface area contributed by atoms with Gasteiger partial charge in [0, 0.05) is 5.54 Å². The van der Waals surface area contributed by atoms with Crippen LogP contribution in [0.25, 0.3) is 0 Å². The predicted molar refractivity (Wildman–Crippen MR) is 75.3 cm³/mol. The van der Waals surface area contributed by atoms with E-state index in [0.29, 0.717) is 0 Å². The van der Waals surface area contributed by atoms with Crippen LogP contribution in [0, 0.1) is 5.92 Å². The van der Waals surface area contributed by atoms with Crippen molar-refractivity contribution >= 4 is 5.91 Å². The molecule has 18 heavy (non-hydrogen) atoms. The third-order valence-corrected chi connectivity index (χ3v) is 3.73. The maximum atomic E-state index is 11.3. The van der Waals surface area contributed by atoms with Crippen LogP contribution in [0.4, 0.5) is 0 Å². The molecule has 1 amide bonds. The molecule has 0 aromatic rings. The third-order valence-electron chi connectivity index (χ3n) is 3.73. The normalized spacial score (nSPS) is 20.9. The quantitative estimate of drug-likeness (QED) is 0.779. The summed E-state index contributed by atoms with van der Waals surface area (Å²) in [6.07, 6.45) is 3.14. The zero-order valence-corrected chi connectivity index (χ0v) is 12.3. The van der Waals surface area contributed by atoms with Crippen molar-refractivity contribution in [2.45, 2.75) is 58.5 Å². The van der Waals surface area contributed by atoms with Crippen LogP contribution in [0.1, 0.15) is 47.0 Å². The number of hydrogen-bond acceptors (Lipinski definition) is 3. The second-order valence-corrected chi connectivity index (χ2v) is 6.44. The molecule has 0 aromatic carbocycles. The summed E-state index contributed by atoms with van der Waals surface area (Å²) >= 11 is 0. The molecular weight excluding hydrogens is 226 g/mol. The number of hydrogen-bond donors (Lipinski definition) is 2. The topological polar surface area (TPSA) is 58.4 Å². The van der Waals surface area contributed by atoms with E-state index in [1.54, 1.807) is 0 Å². The number of likely N-dealkylation sites (tertiary alicyclic amines) is 1. The SMILES string of the molecule is CCC(C(N)=O)N1CCC(CNC(C)(C)C)CC1. The number of nitrogens with one attached hydrogen (secondary N) is 1. The van der Waals surface area contributed by atoms with E-state index in [1.807, 2.05) is 6.92 Å². The second-order valence-electron chi connectivity index (χ2n) is 6.44. The average Bonchev–Trinajstić information content (AvgIpc) is 2.27. The number of nitrogens with two attached hydrogens (primary N) is 1. The van der Waals surface area contributed by atoms with E-state index in [-0.39, 0.29) is 17.5 Å². The number of carbonyl (C=O) groups excluding carboxylic acids is 1. The van der Waals surface area contributed by atoms with Gasteiger partial charge in [-0.1, -0.05) is 6.92 Å². The maximum absolute atomic E-state index is 11.3. The standard InChI is InChI=1S/C14H29N3O/c1-5-12(13(15)18)17-8-6-11(7-9-17)10-16-14(2,3)4/h11-12,16H,5-10H2,1-4H3,(H2,15,18). The second kappa shape index (κ2) is 6.53. The minimum atomic E-state index is -0.177. The Bertz CT molecular complexity index is 265. The van der Waals surface area contributed by atoms with Gasteiger partial charge >= 0.3 is 0 Å². The van der Waals surface area contributed by atoms with Crippen molar-refractivity contribution in [3.63, 3.8) is 0 Å². The number of amides is 1. The molecular formula is C14H29N3O. The highest BCUT2D eigenvalue weighted by Crippen LogP contribution is 2.20. The Morgan fingerprint density at radius 1 is 1.39 bits per heavy atom. The van der Waals surface area contributed by atoms with Gasteiger partial charge in [0.1, 0.15) is 0 Å². The van der Waals surface area contributed by atoms with Crippen LogP contribution in [-0.2, 0) is 4.79 Å². The van der Waals surface area contributed by atoms with Crippen molar-refractivity contribution in [1.29, 1.82) is 0 Å². The fourth-order valence-corrected chi connectivity index (χ4v) is 2.56. The molecule has 0 spiro atoms. The van der Waals surface area contributed by atoms with Gasteiger partial charge in [-0.25, -0.2) is 0 Å². The minimum Gasteiger partial charge on any atom is -0.368 e. The summed E-state index contributed by atoms with van der Waals surface area (Å²) < 4.78 is 0. The highest BCUT2D eigenvalue weighted by atomic mass is 16.1. The van der Waals surface area contributed by atoms with E-state index in [1.165, 1.54) is 0 Å². The average molecular weight is 255 g/mol. The molecule has 1 saturated heterocycles. The summed E-state index contributed by atoms with van der Waals surface area (Å²) in [7, 11) is 0. The van der Waals surface area contributed by atoms with Crippen molar-refractivity contribution in [1.82, 2.24) is 10.2 Å². The molecule has 1 aliphatic heterocycles. The first-order valence-electron chi connectivity index (χ1n) is 7.12. The molecule has 1 aliphatic rings. The number of piperidine rings is 1. The molecule has 0 saturated carbocycles. The highest BCUT2D eigenvalue weighted by Gasteiger charge is 2.27. The first kappa shape index (κ1) is 15.4. The number of rotatable bonds is 5. The largest absolute Gasteiger partial charge is 0.368 e. The Morgan fingerprint density at radius 2 is 1.94 bits per heavy atom. The van der Waals surface area contributed by atoms with E-state index in [0.717, 1.165) is 44.8 Å². The molecule has 3 N–H and O–H groups in total. The molecule has 1 unspecified atom stereocenters. The predicted octanol–water partition coefficient (Wildman–Crippen LogP) is 1.35. The Balaban J connectivity index is 2.34. The van der Waals surface area contributed by atoms with E-state index in [9.17, 15) is 4.79 Å². The first-order chi connectivity index (χ1) is 8.33. The Morgan fingerprint density at radius 3 is 2.33 bits per heavy atom. The third kappa shape index (κ3) is 4.94. The van der Waals surface area contributed by atoms with Gasteiger partial charge in [-0.3, -0.25) is 9.69 Å². The van der Waals surface area contributed by atoms with Crippen molar-refractivity contribution < 1.29 is 4.79 Å². The van der Waals surface area contributed by atoms with Crippen LogP contribution < -0.4 is 11.1 Å². The van der Waals surface area contributed by atoms with Gasteiger partial charge in [0.2, 0.25) is 5.91 Å². The molecule has 4 heteroatoms. The van der Waals surface area contributed by atoms with Gasteiger partial charge in [0.05, 0.1) is 6.04 Å². The lowest BCUT2D eigenvalue weighted by molar-refractivity contribution is -0.123. The van der Waals surface area contributed by atoms with Crippen LogP contribution in [0.2, 0.25) is 0 Å². The Labute approximate surface area is 111 Å². The molecule has 0 aliphatic carbocycles. The Hall–Kier alpha value is -0.610.